The third kappa shape index (κ3) is 6.67. The first-order valence-corrected chi connectivity index (χ1v) is 6.75. The SMILES string of the molecule is COc1ccccc1NC(=O)CNCCSC(F)(F)F. The maximum atomic E-state index is 11.9. The number of amides is 1. The van der Waals surface area contributed by atoms with Crippen molar-refractivity contribution >= 4 is 23.4 Å². The van der Waals surface area contributed by atoms with Gasteiger partial charge in [0.1, 0.15) is 5.75 Å². The number of para-hydroxylation sites is 2. The Morgan fingerprint density at radius 1 is 1.35 bits per heavy atom. The molecule has 1 aromatic carbocycles. The molecule has 4 nitrogen and oxygen atoms in total. The molecule has 0 aliphatic heterocycles. The third-order valence-corrected chi connectivity index (χ3v) is 2.95. The van der Waals surface area contributed by atoms with Gasteiger partial charge < -0.3 is 15.4 Å². The molecule has 0 saturated carbocycles. The van der Waals surface area contributed by atoms with Crippen LogP contribution in [0, 0.1) is 0 Å². The highest BCUT2D eigenvalue weighted by atomic mass is 32.2. The van der Waals surface area contributed by atoms with Gasteiger partial charge >= 0.3 is 5.51 Å². The van der Waals surface area contributed by atoms with E-state index in [4.69, 9.17) is 4.74 Å². The van der Waals surface area contributed by atoms with Gasteiger partial charge in [0.15, 0.2) is 0 Å². The number of nitrogens with one attached hydrogen (secondary N) is 2. The summed E-state index contributed by atoms with van der Waals surface area (Å²) >= 11 is -0.119. The van der Waals surface area contributed by atoms with Crippen molar-refractivity contribution in [3.05, 3.63) is 24.3 Å². The number of ether oxygens (including phenoxy) is 1. The summed E-state index contributed by atoms with van der Waals surface area (Å²) in [4.78, 5) is 11.6. The number of anilines is 1. The zero-order valence-corrected chi connectivity index (χ0v) is 11.6. The monoisotopic (exact) mass is 308 g/mol. The van der Waals surface area contributed by atoms with Gasteiger partial charge in [0.25, 0.3) is 0 Å². The van der Waals surface area contributed by atoms with Crippen molar-refractivity contribution in [1.82, 2.24) is 5.32 Å². The smallest absolute Gasteiger partial charge is 0.441 e. The first-order valence-electron chi connectivity index (χ1n) is 5.76. The molecule has 8 heteroatoms. The van der Waals surface area contributed by atoms with Gasteiger partial charge in [0.2, 0.25) is 5.91 Å². The van der Waals surface area contributed by atoms with E-state index < -0.39 is 5.51 Å². The lowest BCUT2D eigenvalue weighted by Crippen LogP contribution is -2.30. The number of rotatable bonds is 7. The van der Waals surface area contributed by atoms with E-state index >= 15 is 0 Å². The number of hydrogen-bond donors (Lipinski definition) is 2. The van der Waals surface area contributed by atoms with E-state index in [0.29, 0.717) is 11.4 Å². The second-order valence-corrected chi connectivity index (χ2v) is 4.88. The second-order valence-electron chi connectivity index (χ2n) is 3.72. The number of methoxy groups -OCH3 is 1. The van der Waals surface area contributed by atoms with E-state index in [9.17, 15) is 18.0 Å². The molecule has 0 saturated heterocycles. The summed E-state index contributed by atoms with van der Waals surface area (Å²) in [6.07, 6.45) is 0. The molecule has 1 aromatic rings. The number of alkyl halides is 3. The average molecular weight is 308 g/mol. The Labute approximate surface area is 119 Å². The molecule has 0 bridgehead atoms. The number of halogens is 3. The van der Waals surface area contributed by atoms with E-state index in [2.05, 4.69) is 10.6 Å². The number of hydrogen-bond acceptors (Lipinski definition) is 4. The molecule has 20 heavy (non-hydrogen) atoms. The van der Waals surface area contributed by atoms with Gasteiger partial charge in [0, 0.05) is 12.3 Å². The molecule has 0 aliphatic carbocycles. The van der Waals surface area contributed by atoms with E-state index in [1.54, 1.807) is 24.3 Å². The van der Waals surface area contributed by atoms with Crippen molar-refractivity contribution in [1.29, 1.82) is 0 Å². The lowest BCUT2D eigenvalue weighted by molar-refractivity contribution is -0.115. The highest BCUT2D eigenvalue weighted by Gasteiger charge is 2.27. The van der Waals surface area contributed by atoms with Gasteiger partial charge in [0.05, 0.1) is 19.3 Å². The standard InChI is InChI=1S/C12H15F3N2O2S/c1-19-10-5-3-2-4-9(10)17-11(18)8-16-6-7-20-12(13,14)15/h2-5,16H,6-8H2,1H3,(H,17,18). The minimum atomic E-state index is -4.23. The van der Waals surface area contributed by atoms with E-state index in [0.717, 1.165) is 0 Å². The van der Waals surface area contributed by atoms with Crippen LogP contribution in [0.3, 0.4) is 0 Å². The maximum absolute atomic E-state index is 11.9. The molecule has 1 amide bonds. The summed E-state index contributed by atoms with van der Waals surface area (Å²) in [5.41, 5.74) is -3.71. The minimum absolute atomic E-state index is 0.0591. The number of carbonyl (C=O) groups excluding carboxylic acids is 1. The molecule has 112 valence electrons. The van der Waals surface area contributed by atoms with Crippen molar-refractivity contribution in [2.45, 2.75) is 5.51 Å². The van der Waals surface area contributed by atoms with Gasteiger partial charge in [-0.15, -0.1) is 0 Å². The Morgan fingerprint density at radius 2 is 2.05 bits per heavy atom. The molecule has 2 N–H and O–H groups in total. The summed E-state index contributed by atoms with van der Waals surface area (Å²) in [7, 11) is 1.48. The molecule has 0 fully saturated rings. The highest BCUT2D eigenvalue weighted by Crippen LogP contribution is 2.29. The van der Waals surface area contributed by atoms with Gasteiger partial charge in [-0.05, 0) is 23.9 Å². The molecule has 0 radical (unpaired) electrons. The molecular weight excluding hydrogens is 293 g/mol. The average Bonchev–Trinajstić information content (AvgIpc) is 2.37. The number of carbonyl (C=O) groups is 1. The lowest BCUT2D eigenvalue weighted by atomic mass is 10.3. The molecule has 1 rings (SSSR count). The van der Waals surface area contributed by atoms with Crippen LogP contribution in [0.25, 0.3) is 0 Å². The Morgan fingerprint density at radius 3 is 2.70 bits per heavy atom. The molecule has 0 aromatic heterocycles. The van der Waals surface area contributed by atoms with Crippen molar-refractivity contribution in [2.75, 3.05) is 31.3 Å². The highest BCUT2D eigenvalue weighted by molar-refractivity contribution is 8.00. The van der Waals surface area contributed by atoms with Crippen LogP contribution < -0.4 is 15.4 Å². The fraction of sp³-hybridized carbons (Fsp3) is 0.417. The molecule has 0 aliphatic rings. The zero-order valence-electron chi connectivity index (χ0n) is 10.8. The van der Waals surface area contributed by atoms with Crippen LogP contribution in [-0.4, -0.2) is 37.4 Å². The predicted octanol–water partition coefficient (Wildman–Crippen LogP) is 2.48. The van der Waals surface area contributed by atoms with Crippen LogP contribution in [0.5, 0.6) is 5.75 Å². The molecule has 0 heterocycles. The van der Waals surface area contributed by atoms with Crippen LogP contribution in [-0.2, 0) is 4.79 Å². The van der Waals surface area contributed by atoms with Crippen LogP contribution in [0.1, 0.15) is 0 Å². The summed E-state index contributed by atoms with van der Waals surface area (Å²) < 4.78 is 40.6. The molecule has 0 unspecified atom stereocenters. The van der Waals surface area contributed by atoms with Gasteiger partial charge in [-0.2, -0.15) is 13.2 Å². The Hall–Kier alpha value is -1.41. The summed E-state index contributed by atoms with van der Waals surface area (Å²) in [5, 5.41) is 5.25. The predicted molar refractivity (Wildman–Crippen MR) is 73.0 cm³/mol. The van der Waals surface area contributed by atoms with Gasteiger partial charge in [-0.3, -0.25) is 4.79 Å². The topological polar surface area (TPSA) is 50.4 Å². The van der Waals surface area contributed by atoms with Crippen molar-refractivity contribution in [3.8, 4) is 5.75 Å². The fourth-order valence-electron chi connectivity index (χ4n) is 1.38. The van der Waals surface area contributed by atoms with Gasteiger partial charge in [-0.1, -0.05) is 12.1 Å². The Balaban J connectivity index is 2.27. The van der Waals surface area contributed by atoms with Crippen molar-refractivity contribution in [3.63, 3.8) is 0 Å². The van der Waals surface area contributed by atoms with Crippen molar-refractivity contribution < 1.29 is 22.7 Å². The molecule has 0 atom stereocenters. The normalized spacial score (nSPS) is 11.2. The fourth-order valence-corrected chi connectivity index (χ4v) is 1.86. The third-order valence-electron chi connectivity index (χ3n) is 2.21. The molecule has 0 spiro atoms. The number of thioether (sulfide) groups is 1. The van der Waals surface area contributed by atoms with Crippen LogP contribution in [0.4, 0.5) is 18.9 Å². The Kier molecular flexibility index (Phi) is 6.66. The zero-order chi connectivity index (χ0) is 15.0. The van der Waals surface area contributed by atoms with Crippen LogP contribution >= 0.6 is 11.8 Å². The quantitative estimate of drug-likeness (QED) is 0.760. The largest absolute Gasteiger partial charge is 0.495 e. The number of benzene rings is 1. The summed E-state index contributed by atoms with van der Waals surface area (Å²) in [6.45, 7) is 0.0417. The van der Waals surface area contributed by atoms with Crippen molar-refractivity contribution in [2.24, 2.45) is 0 Å². The van der Waals surface area contributed by atoms with E-state index in [1.807, 2.05) is 0 Å². The molecular formula is C12H15F3N2O2S. The summed E-state index contributed by atoms with van der Waals surface area (Å²) in [6, 6.07) is 6.88. The lowest BCUT2D eigenvalue weighted by Gasteiger charge is -2.10. The van der Waals surface area contributed by atoms with Crippen LogP contribution in [0.2, 0.25) is 0 Å². The maximum Gasteiger partial charge on any atom is 0.441 e. The first kappa shape index (κ1) is 16.6. The van der Waals surface area contributed by atoms with Crippen LogP contribution in [0.15, 0.2) is 24.3 Å². The Bertz CT molecular complexity index is 441. The van der Waals surface area contributed by atoms with E-state index in [-0.39, 0.29) is 36.5 Å². The first-order chi connectivity index (χ1) is 9.42. The summed E-state index contributed by atoms with van der Waals surface area (Å²) in [5.74, 6) is 0.0470. The van der Waals surface area contributed by atoms with E-state index in [1.165, 1.54) is 7.11 Å². The second kappa shape index (κ2) is 8.01. The minimum Gasteiger partial charge on any atom is -0.495 e. The van der Waals surface area contributed by atoms with Gasteiger partial charge in [-0.25, -0.2) is 0 Å².